The van der Waals surface area contributed by atoms with Crippen LogP contribution in [0.2, 0.25) is 0 Å². The third kappa shape index (κ3) is 8.25. The Morgan fingerprint density at radius 1 is 0.667 bits per heavy atom. The van der Waals surface area contributed by atoms with Gasteiger partial charge in [0.15, 0.2) is 7.14 Å². The van der Waals surface area contributed by atoms with Gasteiger partial charge >= 0.3 is 21.2 Å². The summed E-state index contributed by atoms with van der Waals surface area (Å²) in [6.45, 7) is 0. The van der Waals surface area contributed by atoms with Crippen LogP contribution < -0.4 is 21.2 Å². The van der Waals surface area contributed by atoms with Crippen LogP contribution in [0.15, 0.2) is 60.7 Å². The van der Waals surface area contributed by atoms with Crippen molar-refractivity contribution in [3.8, 4) is 0 Å². The Bertz CT molecular complexity index is 335. The largest absolute Gasteiger partial charge is 0.388 e. The van der Waals surface area contributed by atoms with Crippen LogP contribution in [-0.2, 0) is 4.74 Å². The van der Waals surface area contributed by atoms with E-state index < -0.39 is 0 Å². The van der Waals surface area contributed by atoms with Gasteiger partial charge in [0, 0.05) is 14.2 Å². The fourth-order valence-corrected chi connectivity index (χ4v) is 3.35. The lowest BCUT2D eigenvalue weighted by Gasteiger charge is -1.84. The summed E-state index contributed by atoms with van der Waals surface area (Å²) in [7, 11) is 3.25. The van der Waals surface area contributed by atoms with Crippen molar-refractivity contribution in [2.75, 3.05) is 14.2 Å². The number of ether oxygens (including phenoxy) is 1. The minimum Gasteiger partial charge on any atom is -0.388 e. The van der Waals surface area contributed by atoms with Crippen LogP contribution in [0, 0.1) is 7.14 Å². The Kier molecular flexibility index (Phi) is 13.6. The Hall–Kier alpha value is -0.870. The van der Waals surface area contributed by atoms with Gasteiger partial charge in [0.2, 0.25) is 0 Å². The van der Waals surface area contributed by atoms with Crippen LogP contribution in [0.4, 0.5) is 0 Å². The van der Waals surface area contributed by atoms with Crippen molar-refractivity contribution in [2.45, 2.75) is 14.9 Å². The first-order chi connectivity index (χ1) is 7.86. The van der Waals surface area contributed by atoms with Gasteiger partial charge in [0.25, 0.3) is 0 Å². The normalized spacial score (nSPS) is 8.11. The summed E-state index contributed by atoms with van der Waals surface area (Å²) in [4.78, 5) is 0. The maximum Gasteiger partial charge on any atom is 0.357 e. The van der Waals surface area contributed by atoms with Gasteiger partial charge in [-0.15, -0.1) is 0 Å². The first-order valence-electron chi connectivity index (χ1n) is 5.02. The third-order valence-corrected chi connectivity index (χ3v) is 4.37. The lowest BCUT2D eigenvalue weighted by Crippen LogP contribution is -3.61. The molecule has 0 saturated carbocycles. The van der Waals surface area contributed by atoms with Crippen LogP contribution in [-0.4, -0.2) is 14.2 Å². The number of hydrogen-bond acceptors (Lipinski definition) is 1. The van der Waals surface area contributed by atoms with Gasteiger partial charge in [0.1, 0.15) is 0 Å². The molecule has 0 aromatic heterocycles. The standard InChI is InChI=1S/C12H10I.C2H6O.2CH4/c1-3-7-11(8-4-1)13-12-9-5-2-6-10-12;1-3-2;;/h1-10H;1-2H3;2*1H4/q+1;;;. The van der Waals surface area contributed by atoms with E-state index in [1.807, 2.05) is 0 Å². The van der Waals surface area contributed by atoms with Crippen LogP contribution in [0.25, 0.3) is 0 Å². The molecule has 1 nitrogen and oxygen atoms in total. The number of rotatable bonds is 2. The average Bonchev–Trinajstić information content (AvgIpc) is 2.33. The molecule has 0 spiro atoms. The van der Waals surface area contributed by atoms with Gasteiger partial charge in [-0.25, -0.2) is 0 Å². The molecule has 0 unspecified atom stereocenters. The summed E-state index contributed by atoms with van der Waals surface area (Å²) in [5.74, 6) is 0. The van der Waals surface area contributed by atoms with Gasteiger partial charge in [-0.3, -0.25) is 0 Å². The minimum atomic E-state index is 0. The quantitative estimate of drug-likeness (QED) is 0.736. The zero-order valence-electron chi connectivity index (χ0n) is 9.56. The molecule has 0 fully saturated rings. The van der Waals surface area contributed by atoms with E-state index in [4.69, 9.17) is 0 Å². The summed E-state index contributed by atoms with van der Waals surface area (Å²) < 4.78 is 7.21. The minimum absolute atomic E-state index is 0. The molecule has 18 heavy (non-hydrogen) atoms. The molecule has 0 aliphatic heterocycles. The zero-order valence-corrected chi connectivity index (χ0v) is 11.7. The molecule has 0 bridgehead atoms. The van der Waals surface area contributed by atoms with Crippen LogP contribution in [0.1, 0.15) is 14.9 Å². The van der Waals surface area contributed by atoms with Crippen molar-refractivity contribution in [1.82, 2.24) is 0 Å². The average molecular weight is 359 g/mol. The molecular formula is C16H24IO+. The molecule has 0 radical (unpaired) electrons. The van der Waals surface area contributed by atoms with E-state index in [0.717, 1.165) is 0 Å². The second-order valence-electron chi connectivity index (χ2n) is 3.09. The molecule has 2 heteroatoms. The van der Waals surface area contributed by atoms with Gasteiger partial charge < -0.3 is 4.74 Å². The summed E-state index contributed by atoms with van der Waals surface area (Å²) in [6, 6.07) is 21.4. The smallest absolute Gasteiger partial charge is 0.357 e. The van der Waals surface area contributed by atoms with Crippen LogP contribution in [0.3, 0.4) is 0 Å². The van der Waals surface area contributed by atoms with Crippen molar-refractivity contribution in [3.05, 3.63) is 67.8 Å². The number of methoxy groups -OCH3 is 1. The second kappa shape index (κ2) is 12.6. The highest BCUT2D eigenvalue weighted by molar-refractivity contribution is 5.02. The molecule has 2 aromatic rings. The zero-order chi connectivity index (χ0) is 11.6. The Morgan fingerprint density at radius 3 is 1.22 bits per heavy atom. The van der Waals surface area contributed by atoms with E-state index in [9.17, 15) is 0 Å². The SMILES string of the molecule is C.C.COC.c1ccc([I+]c2ccccc2)cc1. The van der Waals surface area contributed by atoms with E-state index in [-0.39, 0.29) is 36.1 Å². The van der Waals surface area contributed by atoms with Crippen LogP contribution >= 0.6 is 0 Å². The topological polar surface area (TPSA) is 9.23 Å². The molecule has 0 saturated heterocycles. The highest BCUT2D eigenvalue weighted by Crippen LogP contribution is 1.85. The van der Waals surface area contributed by atoms with Gasteiger partial charge in [-0.1, -0.05) is 51.3 Å². The van der Waals surface area contributed by atoms with E-state index in [2.05, 4.69) is 65.4 Å². The van der Waals surface area contributed by atoms with E-state index in [0.29, 0.717) is 0 Å². The number of benzene rings is 2. The Labute approximate surface area is 122 Å². The second-order valence-corrected chi connectivity index (χ2v) is 6.12. The van der Waals surface area contributed by atoms with Crippen LogP contribution in [0.5, 0.6) is 0 Å². The molecule has 2 aromatic carbocycles. The highest BCUT2D eigenvalue weighted by atomic mass is 127. The van der Waals surface area contributed by atoms with Crippen molar-refractivity contribution in [3.63, 3.8) is 0 Å². The molecule has 2 rings (SSSR count). The maximum atomic E-state index is 4.25. The van der Waals surface area contributed by atoms with Crippen molar-refractivity contribution < 1.29 is 25.9 Å². The Morgan fingerprint density at radius 2 is 0.944 bits per heavy atom. The number of halogens is 1. The predicted octanol–water partition coefficient (Wildman–Crippen LogP) is 1.35. The molecule has 0 heterocycles. The fourth-order valence-electron chi connectivity index (χ4n) is 1.08. The highest BCUT2D eigenvalue weighted by Gasteiger charge is 2.12. The lowest BCUT2D eigenvalue weighted by atomic mass is 10.4. The van der Waals surface area contributed by atoms with Crippen molar-refractivity contribution >= 4 is 0 Å². The lowest BCUT2D eigenvalue weighted by molar-refractivity contribution is -0.597. The predicted molar refractivity (Wildman–Crippen MR) is 76.7 cm³/mol. The first kappa shape index (κ1) is 19.5. The molecule has 0 amide bonds. The van der Waals surface area contributed by atoms with E-state index in [1.165, 1.54) is 7.14 Å². The van der Waals surface area contributed by atoms with Crippen molar-refractivity contribution in [2.24, 2.45) is 0 Å². The first-order valence-corrected chi connectivity index (χ1v) is 7.17. The summed E-state index contributed by atoms with van der Waals surface area (Å²) >= 11 is 0.0287. The summed E-state index contributed by atoms with van der Waals surface area (Å²) in [5, 5.41) is 0. The van der Waals surface area contributed by atoms with Gasteiger partial charge in [-0.2, -0.15) is 0 Å². The maximum absolute atomic E-state index is 4.25. The molecule has 0 atom stereocenters. The fraction of sp³-hybridized carbons (Fsp3) is 0.250. The van der Waals surface area contributed by atoms with Gasteiger partial charge in [-0.05, 0) is 24.3 Å². The van der Waals surface area contributed by atoms with E-state index >= 15 is 0 Å². The molecule has 0 aliphatic rings. The van der Waals surface area contributed by atoms with E-state index in [1.54, 1.807) is 14.2 Å². The third-order valence-electron chi connectivity index (χ3n) is 1.68. The molecule has 0 N–H and O–H groups in total. The summed E-state index contributed by atoms with van der Waals surface area (Å²) in [6.07, 6.45) is 0. The summed E-state index contributed by atoms with van der Waals surface area (Å²) in [5.41, 5.74) is 0. The monoisotopic (exact) mass is 359 g/mol. The van der Waals surface area contributed by atoms with Gasteiger partial charge in [0.05, 0.1) is 0 Å². The van der Waals surface area contributed by atoms with Crippen molar-refractivity contribution in [1.29, 1.82) is 0 Å². The molecular weight excluding hydrogens is 335 g/mol. The molecule has 100 valence electrons. The number of hydrogen-bond donors (Lipinski definition) is 0. The molecule has 0 aliphatic carbocycles. The Balaban J connectivity index is 0.